The molecule has 72 valence electrons. The van der Waals surface area contributed by atoms with Gasteiger partial charge in [0.2, 0.25) is 0 Å². The molecule has 0 radical (unpaired) electrons. The summed E-state index contributed by atoms with van der Waals surface area (Å²) in [5.41, 5.74) is 0. The lowest BCUT2D eigenvalue weighted by atomic mass is 9.92. The summed E-state index contributed by atoms with van der Waals surface area (Å²) in [6.07, 6.45) is 1.73. The van der Waals surface area contributed by atoms with E-state index in [0.29, 0.717) is 23.3 Å². The lowest BCUT2D eigenvalue weighted by molar-refractivity contribution is 0.259. The molecule has 1 rings (SSSR count). The molecule has 1 unspecified atom stereocenters. The molecule has 1 heterocycles. The summed E-state index contributed by atoms with van der Waals surface area (Å²) < 4.78 is 21.7. The van der Waals surface area contributed by atoms with E-state index >= 15 is 0 Å². The minimum atomic E-state index is -2.66. The number of sulfone groups is 1. The van der Waals surface area contributed by atoms with Crippen molar-refractivity contribution in [1.29, 1.82) is 0 Å². The highest BCUT2D eigenvalue weighted by molar-refractivity contribution is 7.92. The Morgan fingerprint density at radius 1 is 1.50 bits per heavy atom. The standard InChI is InChI=1S/C8H16O3S/c1-7(3-2-4-9)8-5-12(10,11)6-8/h7-9H,2-6H2,1H3. The van der Waals surface area contributed by atoms with Gasteiger partial charge in [-0.1, -0.05) is 6.92 Å². The Morgan fingerprint density at radius 2 is 2.08 bits per heavy atom. The van der Waals surface area contributed by atoms with Crippen molar-refractivity contribution in [1.82, 2.24) is 0 Å². The summed E-state index contributed by atoms with van der Waals surface area (Å²) in [6.45, 7) is 2.28. The molecular formula is C8H16O3S. The van der Waals surface area contributed by atoms with Crippen LogP contribution in [0.3, 0.4) is 0 Å². The zero-order valence-electron chi connectivity index (χ0n) is 7.36. The Morgan fingerprint density at radius 3 is 2.50 bits per heavy atom. The van der Waals surface area contributed by atoms with Gasteiger partial charge in [-0.15, -0.1) is 0 Å². The molecular weight excluding hydrogens is 176 g/mol. The maximum atomic E-state index is 10.8. The maximum absolute atomic E-state index is 10.8. The Labute approximate surface area is 73.7 Å². The van der Waals surface area contributed by atoms with Crippen LogP contribution in [0.4, 0.5) is 0 Å². The molecule has 0 bridgehead atoms. The average Bonchev–Trinajstić information content (AvgIpc) is 1.95. The van der Waals surface area contributed by atoms with Gasteiger partial charge in [0, 0.05) is 6.61 Å². The smallest absolute Gasteiger partial charge is 0.150 e. The second kappa shape index (κ2) is 3.75. The number of hydrogen-bond acceptors (Lipinski definition) is 3. The van der Waals surface area contributed by atoms with Crippen LogP contribution >= 0.6 is 0 Å². The van der Waals surface area contributed by atoms with Crippen molar-refractivity contribution in [2.24, 2.45) is 11.8 Å². The highest BCUT2D eigenvalue weighted by atomic mass is 32.2. The van der Waals surface area contributed by atoms with Crippen LogP contribution in [-0.2, 0) is 9.84 Å². The third kappa shape index (κ3) is 2.45. The quantitative estimate of drug-likeness (QED) is 0.703. The summed E-state index contributed by atoms with van der Waals surface area (Å²) in [5.74, 6) is 1.52. The Balaban J connectivity index is 2.23. The molecule has 1 aliphatic rings. The highest BCUT2D eigenvalue weighted by Gasteiger charge is 2.36. The van der Waals surface area contributed by atoms with Gasteiger partial charge >= 0.3 is 0 Å². The molecule has 1 N–H and O–H groups in total. The van der Waals surface area contributed by atoms with Crippen molar-refractivity contribution in [3.8, 4) is 0 Å². The summed E-state index contributed by atoms with van der Waals surface area (Å²) in [7, 11) is -2.66. The molecule has 4 heteroatoms. The normalized spacial score (nSPS) is 24.8. The molecule has 0 amide bonds. The van der Waals surface area contributed by atoms with E-state index in [2.05, 4.69) is 6.92 Å². The molecule has 0 saturated carbocycles. The predicted molar refractivity (Wildman–Crippen MR) is 47.6 cm³/mol. The van der Waals surface area contributed by atoms with Crippen LogP contribution in [0, 0.1) is 11.8 Å². The van der Waals surface area contributed by atoms with Gasteiger partial charge in [0.15, 0.2) is 9.84 Å². The number of hydrogen-bond donors (Lipinski definition) is 1. The van der Waals surface area contributed by atoms with Crippen LogP contribution < -0.4 is 0 Å². The molecule has 0 spiro atoms. The lowest BCUT2D eigenvalue weighted by Crippen LogP contribution is -2.40. The van der Waals surface area contributed by atoms with Crippen molar-refractivity contribution < 1.29 is 13.5 Å². The molecule has 3 nitrogen and oxygen atoms in total. The largest absolute Gasteiger partial charge is 0.396 e. The van der Waals surface area contributed by atoms with E-state index in [1.165, 1.54) is 0 Å². The summed E-state index contributed by atoms with van der Waals surface area (Å²) in [6, 6.07) is 0. The molecule has 0 aliphatic carbocycles. The van der Waals surface area contributed by atoms with Crippen LogP contribution in [0.2, 0.25) is 0 Å². The third-order valence-electron chi connectivity index (χ3n) is 2.56. The number of aliphatic hydroxyl groups excluding tert-OH is 1. The summed E-state index contributed by atoms with van der Waals surface area (Å²) in [4.78, 5) is 0. The molecule has 1 atom stereocenters. The minimum Gasteiger partial charge on any atom is -0.396 e. The number of rotatable bonds is 4. The topological polar surface area (TPSA) is 54.4 Å². The monoisotopic (exact) mass is 192 g/mol. The van der Waals surface area contributed by atoms with E-state index in [1.807, 2.05) is 0 Å². The van der Waals surface area contributed by atoms with Gasteiger partial charge in [0.1, 0.15) is 0 Å². The van der Waals surface area contributed by atoms with Crippen molar-refractivity contribution in [3.63, 3.8) is 0 Å². The van der Waals surface area contributed by atoms with Crippen molar-refractivity contribution >= 4 is 9.84 Å². The van der Waals surface area contributed by atoms with Gasteiger partial charge in [-0.05, 0) is 24.7 Å². The van der Waals surface area contributed by atoms with E-state index in [9.17, 15) is 8.42 Å². The molecule has 1 saturated heterocycles. The molecule has 0 aromatic rings. The number of aliphatic hydroxyl groups is 1. The molecule has 12 heavy (non-hydrogen) atoms. The molecule has 0 aromatic carbocycles. The van der Waals surface area contributed by atoms with Gasteiger partial charge in [-0.2, -0.15) is 0 Å². The fourth-order valence-corrected chi connectivity index (χ4v) is 3.45. The third-order valence-corrected chi connectivity index (χ3v) is 4.43. The van der Waals surface area contributed by atoms with E-state index in [0.717, 1.165) is 12.8 Å². The zero-order chi connectivity index (χ0) is 9.19. The Kier molecular flexibility index (Phi) is 3.12. The fraction of sp³-hybridized carbons (Fsp3) is 1.00. The van der Waals surface area contributed by atoms with E-state index in [4.69, 9.17) is 5.11 Å². The maximum Gasteiger partial charge on any atom is 0.150 e. The SMILES string of the molecule is CC(CCCO)C1CS(=O)(=O)C1. The van der Waals surface area contributed by atoms with Gasteiger partial charge in [-0.25, -0.2) is 8.42 Å². The Hall–Kier alpha value is -0.0900. The van der Waals surface area contributed by atoms with E-state index < -0.39 is 9.84 Å². The first kappa shape index (κ1) is 9.99. The average molecular weight is 192 g/mol. The van der Waals surface area contributed by atoms with Gasteiger partial charge in [0.05, 0.1) is 11.5 Å². The van der Waals surface area contributed by atoms with Crippen LogP contribution in [0.5, 0.6) is 0 Å². The van der Waals surface area contributed by atoms with Crippen molar-refractivity contribution in [3.05, 3.63) is 0 Å². The van der Waals surface area contributed by atoms with Crippen LogP contribution in [0.15, 0.2) is 0 Å². The van der Waals surface area contributed by atoms with Gasteiger partial charge < -0.3 is 5.11 Å². The first-order chi connectivity index (χ1) is 5.55. The molecule has 0 aromatic heterocycles. The fourth-order valence-electron chi connectivity index (χ4n) is 1.58. The second-order valence-electron chi connectivity index (χ2n) is 3.68. The van der Waals surface area contributed by atoms with Crippen molar-refractivity contribution in [2.75, 3.05) is 18.1 Å². The van der Waals surface area contributed by atoms with Crippen LogP contribution in [0.25, 0.3) is 0 Å². The summed E-state index contributed by atoms with van der Waals surface area (Å²) >= 11 is 0. The summed E-state index contributed by atoms with van der Waals surface area (Å²) in [5, 5.41) is 8.57. The van der Waals surface area contributed by atoms with Gasteiger partial charge in [0.25, 0.3) is 0 Å². The highest BCUT2D eigenvalue weighted by Crippen LogP contribution is 2.28. The predicted octanol–water partition coefficient (Wildman–Crippen LogP) is 0.440. The van der Waals surface area contributed by atoms with Crippen LogP contribution in [-0.4, -0.2) is 31.6 Å². The minimum absolute atomic E-state index is 0.212. The Bertz CT molecular complexity index is 221. The van der Waals surface area contributed by atoms with E-state index in [1.54, 1.807) is 0 Å². The second-order valence-corrected chi connectivity index (χ2v) is 5.83. The lowest BCUT2D eigenvalue weighted by Gasteiger charge is -2.31. The molecule has 1 aliphatic heterocycles. The van der Waals surface area contributed by atoms with Crippen molar-refractivity contribution in [2.45, 2.75) is 19.8 Å². The molecule has 1 fully saturated rings. The van der Waals surface area contributed by atoms with Crippen LogP contribution in [0.1, 0.15) is 19.8 Å². The first-order valence-corrected chi connectivity index (χ1v) is 6.18. The first-order valence-electron chi connectivity index (χ1n) is 4.36. The zero-order valence-corrected chi connectivity index (χ0v) is 8.18. The van der Waals surface area contributed by atoms with Gasteiger partial charge in [-0.3, -0.25) is 0 Å². The van der Waals surface area contributed by atoms with E-state index in [-0.39, 0.29) is 6.61 Å².